The van der Waals surface area contributed by atoms with Crippen LogP contribution in [0.15, 0.2) is 115 Å². The third-order valence-electron chi connectivity index (χ3n) is 12.9. The SMILES string of the molecule is Cc1ccc(NN2C(=O)[C@@H]3C[C@@H]4C(=CC[C@@H]5C(=O)N(C6CCCCC6)C(=O)[C@@H]54)[C@H](c4ccc(OCc5ccccc5)cc4O)[C@]3(c3ccccc3)C2=O)cc1. The van der Waals surface area contributed by atoms with E-state index in [1.165, 1.54) is 0 Å². The molecule has 5 aliphatic rings. The number of allylic oxidation sites excluding steroid dienone is 2. The zero-order valence-electron chi connectivity index (χ0n) is 30.9. The number of phenols is 1. The Morgan fingerprint density at radius 2 is 1.51 bits per heavy atom. The standard InChI is InChI=1S/C46H45N3O6/c1-28-17-19-31(20-18-28)47-49-43(52)38-26-37-34(23-24-36-40(37)44(53)48(42(36)51)32-15-9-4-10-16-32)41(46(38,45(49)54)30-13-7-3-8-14-30)35-22-21-33(25-39(35)50)55-27-29-11-5-2-6-12-29/h2-3,5-8,11-14,17-23,25,32,36-38,40-41,47,50H,4,9-10,15-16,24,26-27H2,1H3/t36-,37+,38-,40-,41+,46+/m0/s1. The van der Waals surface area contributed by atoms with Gasteiger partial charge >= 0.3 is 0 Å². The molecule has 9 nitrogen and oxygen atoms in total. The molecule has 0 bridgehead atoms. The molecule has 3 aliphatic carbocycles. The molecule has 2 saturated heterocycles. The monoisotopic (exact) mass is 735 g/mol. The second-order valence-electron chi connectivity index (χ2n) is 15.9. The van der Waals surface area contributed by atoms with Crippen LogP contribution in [0.1, 0.15) is 73.1 Å². The fourth-order valence-electron chi connectivity index (χ4n) is 10.4. The van der Waals surface area contributed by atoms with E-state index in [-0.39, 0.29) is 30.0 Å². The van der Waals surface area contributed by atoms with Crippen molar-refractivity contribution in [1.29, 1.82) is 0 Å². The fourth-order valence-corrected chi connectivity index (χ4v) is 10.4. The van der Waals surface area contributed by atoms with E-state index in [9.17, 15) is 19.5 Å². The summed E-state index contributed by atoms with van der Waals surface area (Å²) in [6, 6.07) is 31.7. The number of anilines is 1. The van der Waals surface area contributed by atoms with Crippen molar-refractivity contribution in [2.45, 2.75) is 75.9 Å². The van der Waals surface area contributed by atoms with Gasteiger partial charge in [-0.3, -0.25) is 29.5 Å². The number of likely N-dealkylation sites (tertiary alicyclic amines) is 1. The van der Waals surface area contributed by atoms with E-state index in [1.807, 2.05) is 97.9 Å². The molecule has 9 heteroatoms. The number of hydrogen-bond donors (Lipinski definition) is 2. The number of benzene rings is 4. The van der Waals surface area contributed by atoms with Gasteiger partial charge in [0.05, 0.1) is 28.9 Å². The van der Waals surface area contributed by atoms with E-state index in [0.717, 1.165) is 53.8 Å². The minimum Gasteiger partial charge on any atom is -0.508 e. The Morgan fingerprint density at radius 3 is 2.22 bits per heavy atom. The van der Waals surface area contributed by atoms with E-state index in [0.29, 0.717) is 35.6 Å². The minimum atomic E-state index is -1.47. The molecule has 6 atom stereocenters. The van der Waals surface area contributed by atoms with Gasteiger partial charge in [0.1, 0.15) is 18.1 Å². The lowest BCUT2D eigenvalue weighted by Gasteiger charge is -2.50. The quantitative estimate of drug-likeness (QED) is 0.142. The van der Waals surface area contributed by atoms with Gasteiger partial charge in [-0.1, -0.05) is 115 Å². The number of nitrogens with one attached hydrogen (secondary N) is 1. The topological polar surface area (TPSA) is 116 Å². The molecule has 2 saturated carbocycles. The van der Waals surface area contributed by atoms with Gasteiger partial charge in [-0.15, -0.1) is 0 Å². The number of aryl methyl sites for hydroxylation is 1. The highest BCUT2D eigenvalue weighted by Crippen LogP contribution is 2.65. The van der Waals surface area contributed by atoms with Crippen molar-refractivity contribution in [2.75, 3.05) is 5.43 Å². The number of ether oxygens (including phenoxy) is 1. The summed E-state index contributed by atoms with van der Waals surface area (Å²) < 4.78 is 6.10. The lowest BCUT2D eigenvalue weighted by atomic mass is 9.49. The molecule has 280 valence electrons. The molecule has 4 aromatic rings. The summed E-state index contributed by atoms with van der Waals surface area (Å²) >= 11 is 0. The summed E-state index contributed by atoms with van der Waals surface area (Å²) in [4.78, 5) is 60.6. The Morgan fingerprint density at radius 1 is 0.800 bits per heavy atom. The fraction of sp³-hybridized carbons (Fsp3) is 0.348. The summed E-state index contributed by atoms with van der Waals surface area (Å²) in [5.74, 6) is -4.11. The molecule has 2 aliphatic heterocycles. The van der Waals surface area contributed by atoms with Crippen LogP contribution in [-0.2, 0) is 31.2 Å². The van der Waals surface area contributed by atoms with E-state index in [1.54, 1.807) is 23.1 Å². The molecule has 2 N–H and O–H groups in total. The molecule has 2 heterocycles. The molecule has 0 aromatic heterocycles. The van der Waals surface area contributed by atoms with Crippen LogP contribution in [0.3, 0.4) is 0 Å². The molecule has 9 rings (SSSR count). The first-order chi connectivity index (χ1) is 26.8. The molecule has 0 unspecified atom stereocenters. The minimum absolute atomic E-state index is 0.0730. The summed E-state index contributed by atoms with van der Waals surface area (Å²) in [7, 11) is 0. The Hall–Kier alpha value is -5.70. The Balaban J connectivity index is 1.18. The van der Waals surface area contributed by atoms with E-state index >= 15 is 4.79 Å². The lowest BCUT2D eigenvalue weighted by Crippen LogP contribution is -2.53. The van der Waals surface area contributed by atoms with Crippen molar-refractivity contribution >= 4 is 29.3 Å². The average molecular weight is 736 g/mol. The van der Waals surface area contributed by atoms with Gasteiger partial charge in [0.25, 0.3) is 11.8 Å². The normalized spacial score (nSPS) is 27.7. The molecule has 4 aromatic carbocycles. The van der Waals surface area contributed by atoms with Crippen LogP contribution >= 0.6 is 0 Å². The van der Waals surface area contributed by atoms with E-state index in [2.05, 4.69) is 5.43 Å². The number of rotatable bonds is 8. The summed E-state index contributed by atoms with van der Waals surface area (Å²) in [5, 5.41) is 13.2. The predicted molar refractivity (Wildman–Crippen MR) is 206 cm³/mol. The number of hydrogen-bond acceptors (Lipinski definition) is 7. The first kappa shape index (κ1) is 35.0. The number of amides is 4. The second-order valence-corrected chi connectivity index (χ2v) is 15.9. The van der Waals surface area contributed by atoms with Crippen LogP contribution in [0.4, 0.5) is 5.69 Å². The molecular weight excluding hydrogens is 691 g/mol. The molecule has 4 amide bonds. The number of carbonyl (C=O) groups excluding carboxylic acids is 4. The van der Waals surface area contributed by atoms with E-state index < -0.39 is 46.8 Å². The van der Waals surface area contributed by atoms with Gasteiger partial charge < -0.3 is 9.84 Å². The molecule has 55 heavy (non-hydrogen) atoms. The first-order valence-electron chi connectivity index (χ1n) is 19.6. The van der Waals surface area contributed by atoms with Gasteiger partial charge in [0.2, 0.25) is 11.8 Å². The summed E-state index contributed by atoms with van der Waals surface area (Å²) in [5.41, 5.74) is 6.21. The van der Waals surface area contributed by atoms with Gasteiger partial charge in [0, 0.05) is 23.6 Å². The summed E-state index contributed by atoms with van der Waals surface area (Å²) in [6.45, 7) is 2.27. The maximum Gasteiger partial charge on any atom is 0.260 e. The van der Waals surface area contributed by atoms with Crippen LogP contribution in [0.2, 0.25) is 0 Å². The molecule has 0 radical (unpaired) electrons. The number of imide groups is 2. The zero-order valence-corrected chi connectivity index (χ0v) is 30.9. The van der Waals surface area contributed by atoms with Gasteiger partial charge in [0.15, 0.2) is 0 Å². The van der Waals surface area contributed by atoms with Crippen molar-refractivity contribution in [2.24, 2.45) is 23.7 Å². The van der Waals surface area contributed by atoms with Crippen molar-refractivity contribution in [3.8, 4) is 11.5 Å². The van der Waals surface area contributed by atoms with Crippen LogP contribution < -0.4 is 10.2 Å². The summed E-state index contributed by atoms with van der Waals surface area (Å²) in [6.07, 6.45) is 7.29. The predicted octanol–water partition coefficient (Wildman–Crippen LogP) is 7.60. The third-order valence-corrected chi connectivity index (χ3v) is 12.9. The molecule has 0 spiro atoms. The Bertz CT molecular complexity index is 2180. The van der Waals surface area contributed by atoms with Crippen LogP contribution in [0.25, 0.3) is 0 Å². The van der Waals surface area contributed by atoms with Crippen LogP contribution in [0.5, 0.6) is 11.5 Å². The number of phenolic OH excluding ortho intramolecular Hbond substituents is 1. The highest BCUT2D eigenvalue weighted by Gasteiger charge is 2.70. The first-order valence-corrected chi connectivity index (χ1v) is 19.6. The lowest BCUT2D eigenvalue weighted by molar-refractivity contribution is -0.144. The largest absolute Gasteiger partial charge is 0.508 e. The zero-order chi connectivity index (χ0) is 37.8. The Kier molecular flexibility index (Phi) is 8.83. The number of aromatic hydroxyl groups is 1. The smallest absolute Gasteiger partial charge is 0.260 e. The second kappa shape index (κ2) is 13.9. The van der Waals surface area contributed by atoms with Gasteiger partial charge in [-0.2, -0.15) is 5.01 Å². The highest BCUT2D eigenvalue weighted by atomic mass is 16.5. The molecule has 4 fully saturated rings. The van der Waals surface area contributed by atoms with Gasteiger partial charge in [-0.05, 0) is 67.9 Å². The number of nitrogens with zero attached hydrogens (tertiary/aromatic N) is 2. The van der Waals surface area contributed by atoms with Crippen molar-refractivity contribution < 1.29 is 29.0 Å². The van der Waals surface area contributed by atoms with Crippen molar-refractivity contribution in [3.05, 3.63) is 137 Å². The van der Waals surface area contributed by atoms with E-state index in [4.69, 9.17) is 4.74 Å². The third kappa shape index (κ3) is 5.66. The Labute approximate surface area is 321 Å². The number of carbonyl (C=O) groups is 4. The van der Waals surface area contributed by atoms with Crippen LogP contribution in [-0.4, -0.2) is 44.7 Å². The van der Waals surface area contributed by atoms with Gasteiger partial charge in [-0.25, -0.2) is 0 Å². The van der Waals surface area contributed by atoms with Crippen molar-refractivity contribution in [1.82, 2.24) is 9.91 Å². The average Bonchev–Trinajstić information content (AvgIpc) is 3.59. The number of hydrazine groups is 1. The maximum atomic E-state index is 15.4. The molecular formula is C46H45N3O6. The van der Waals surface area contributed by atoms with Crippen molar-refractivity contribution in [3.63, 3.8) is 0 Å². The maximum absolute atomic E-state index is 15.4. The highest BCUT2D eigenvalue weighted by molar-refractivity contribution is 6.13. The number of fused-ring (bicyclic) bond motifs is 4. The van der Waals surface area contributed by atoms with Crippen LogP contribution in [0, 0.1) is 30.6 Å².